The molecular formula is C12H8F3NO4. The van der Waals surface area contributed by atoms with Crippen molar-refractivity contribution in [3.05, 3.63) is 47.3 Å². The number of hydrogen-bond acceptors (Lipinski definition) is 4. The van der Waals surface area contributed by atoms with Gasteiger partial charge in [-0.1, -0.05) is 11.2 Å². The minimum Gasteiger partial charge on any atom is -0.487 e. The van der Waals surface area contributed by atoms with Gasteiger partial charge in [0, 0.05) is 6.07 Å². The molecule has 0 bridgehead atoms. The van der Waals surface area contributed by atoms with E-state index in [9.17, 15) is 18.0 Å². The number of carboxylic acids is 1. The Kier molecular flexibility index (Phi) is 3.64. The Morgan fingerprint density at radius 3 is 2.70 bits per heavy atom. The summed E-state index contributed by atoms with van der Waals surface area (Å²) in [5.41, 5.74) is -0.666. The van der Waals surface area contributed by atoms with Crippen molar-refractivity contribution in [1.82, 2.24) is 5.16 Å². The lowest BCUT2D eigenvalue weighted by Crippen LogP contribution is -2.05. The molecule has 0 radical (unpaired) electrons. The van der Waals surface area contributed by atoms with Crippen LogP contribution in [0.2, 0.25) is 0 Å². The second kappa shape index (κ2) is 5.24. The molecule has 106 valence electrons. The van der Waals surface area contributed by atoms with E-state index in [0.29, 0.717) is 0 Å². The van der Waals surface area contributed by atoms with Gasteiger partial charge in [-0.05, 0) is 18.2 Å². The van der Waals surface area contributed by atoms with Crippen LogP contribution in [0, 0.1) is 0 Å². The topological polar surface area (TPSA) is 72.6 Å². The highest BCUT2D eigenvalue weighted by Gasteiger charge is 2.30. The monoisotopic (exact) mass is 287 g/mol. The lowest BCUT2D eigenvalue weighted by Gasteiger charge is -2.09. The summed E-state index contributed by atoms with van der Waals surface area (Å²) in [6.07, 6.45) is -4.45. The SMILES string of the molecule is O=C(O)c1cc(COc2cccc(C(F)(F)F)c2)no1. The van der Waals surface area contributed by atoms with E-state index in [1.807, 2.05) is 0 Å². The third-order valence-corrected chi connectivity index (χ3v) is 2.32. The van der Waals surface area contributed by atoms with E-state index in [-0.39, 0.29) is 23.8 Å². The summed E-state index contributed by atoms with van der Waals surface area (Å²) in [5, 5.41) is 12.0. The normalized spacial score (nSPS) is 11.3. The maximum Gasteiger partial charge on any atom is 0.416 e. The Morgan fingerprint density at radius 1 is 1.35 bits per heavy atom. The van der Waals surface area contributed by atoms with E-state index in [1.165, 1.54) is 12.1 Å². The third-order valence-electron chi connectivity index (χ3n) is 2.32. The molecule has 0 saturated carbocycles. The van der Waals surface area contributed by atoms with Crippen LogP contribution in [-0.4, -0.2) is 16.2 Å². The zero-order valence-electron chi connectivity index (χ0n) is 9.85. The third kappa shape index (κ3) is 3.28. The standard InChI is InChI=1S/C12H8F3NO4/c13-12(14,15)7-2-1-3-9(4-7)19-6-8-5-10(11(17)18)20-16-8/h1-5H,6H2,(H,17,18). The van der Waals surface area contributed by atoms with Gasteiger partial charge in [0.2, 0.25) is 5.76 Å². The van der Waals surface area contributed by atoms with Crippen molar-refractivity contribution in [3.8, 4) is 5.75 Å². The summed E-state index contributed by atoms with van der Waals surface area (Å²) in [5.74, 6) is -1.66. The van der Waals surface area contributed by atoms with Crippen LogP contribution in [0.5, 0.6) is 5.75 Å². The molecule has 0 fully saturated rings. The fourth-order valence-electron chi connectivity index (χ4n) is 1.40. The Balaban J connectivity index is 2.05. The van der Waals surface area contributed by atoms with Gasteiger partial charge in [-0.25, -0.2) is 4.79 Å². The molecular weight excluding hydrogens is 279 g/mol. The molecule has 20 heavy (non-hydrogen) atoms. The molecule has 2 aromatic rings. The molecule has 1 aromatic heterocycles. The number of carboxylic acid groups (broad SMARTS) is 1. The number of hydrogen-bond donors (Lipinski definition) is 1. The molecule has 0 spiro atoms. The lowest BCUT2D eigenvalue weighted by atomic mass is 10.2. The van der Waals surface area contributed by atoms with Crippen molar-refractivity contribution in [3.63, 3.8) is 0 Å². The van der Waals surface area contributed by atoms with Gasteiger partial charge in [-0.3, -0.25) is 0 Å². The minimum absolute atomic E-state index is 0.000278. The van der Waals surface area contributed by atoms with Crippen LogP contribution >= 0.6 is 0 Å². The number of alkyl halides is 3. The summed E-state index contributed by atoms with van der Waals surface area (Å²) in [6.45, 7) is -0.196. The largest absolute Gasteiger partial charge is 0.487 e. The van der Waals surface area contributed by atoms with Crippen LogP contribution in [-0.2, 0) is 12.8 Å². The molecule has 8 heteroatoms. The number of aromatic carboxylic acids is 1. The number of carbonyl (C=O) groups is 1. The van der Waals surface area contributed by atoms with Gasteiger partial charge in [0.05, 0.1) is 5.56 Å². The van der Waals surface area contributed by atoms with E-state index in [4.69, 9.17) is 9.84 Å². The van der Waals surface area contributed by atoms with Gasteiger partial charge >= 0.3 is 12.1 Å². The number of nitrogens with zero attached hydrogens (tertiary/aromatic N) is 1. The first kappa shape index (κ1) is 13.9. The first-order valence-corrected chi connectivity index (χ1v) is 5.35. The molecule has 2 rings (SSSR count). The zero-order chi connectivity index (χ0) is 14.8. The van der Waals surface area contributed by atoms with Crippen LogP contribution < -0.4 is 4.74 Å². The molecule has 0 saturated heterocycles. The molecule has 5 nitrogen and oxygen atoms in total. The number of aromatic nitrogens is 1. The summed E-state index contributed by atoms with van der Waals surface area (Å²) >= 11 is 0. The number of benzene rings is 1. The van der Waals surface area contributed by atoms with Gasteiger partial charge in [0.15, 0.2) is 0 Å². The molecule has 0 atom stereocenters. The fourth-order valence-corrected chi connectivity index (χ4v) is 1.40. The predicted octanol–water partition coefficient (Wildman–Crippen LogP) is 2.97. The van der Waals surface area contributed by atoms with Crippen molar-refractivity contribution in [2.24, 2.45) is 0 Å². The van der Waals surface area contributed by atoms with E-state index < -0.39 is 17.7 Å². The maximum atomic E-state index is 12.5. The summed E-state index contributed by atoms with van der Waals surface area (Å²) < 4.78 is 47.0. The Labute approximate surface area is 110 Å². The highest BCUT2D eigenvalue weighted by Crippen LogP contribution is 2.31. The number of ether oxygens (including phenoxy) is 1. The maximum absolute atomic E-state index is 12.5. The molecule has 0 aliphatic carbocycles. The summed E-state index contributed by atoms with van der Waals surface area (Å²) in [7, 11) is 0. The van der Waals surface area contributed by atoms with Crippen LogP contribution in [0.3, 0.4) is 0 Å². The van der Waals surface area contributed by atoms with Crippen molar-refractivity contribution in [2.75, 3.05) is 0 Å². The van der Waals surface area contributed by atoms with Crippen molar-refractivity contribution >= 4 is 5.97 Å². The van der Waals surface area contributed by atoms with Crippen molar-refractivity contribution in [2.45, 2.75) is 12.8 Å². The van der Waals surface area contributed by atoms with Crippen molar-refractivity contribution < 1.29 is 32.3 Å². The van der Waals surface area contributed by atoms with Gasteiger partial charge < -0.3 is 14.4 Å². The van der Waals surface area contributed by atoms with Crippen molar-refractivity contribution in [1.29, 1.82) is 0 Å². The van der Waals surface area contributed by atoms with Gasteiger partial charge in [0.25, 0.3) is 0 Å². The Bertz CT molecular complexity index is 621. The van der Waals surface area contributed by atoms with E-state index >= 15 is 0 Å². The minimum atomic E-state index is -4.45. The first-order valence-electron chi connectivity index (χ1n) is 5.35. The summed E-state index contributed by atoms with van der Waals surface area (Å²) in [6, 6.07) is 5.47. The van der Waals surface area contributed by atoms with Crippen LogP contribution in [0.15, 0.2) is 34.9 Å². The lowest BCUT2D eigenvalue weighted by molar-refractivity contribution is -0.137. The fraction of sp³-hybridized carbons (Fsp3) is 0.167. The van der Waals surface area contributed by atoms with Crippen LogP contribution in [0.4, 0.5) is 13.2 Å². The molecule has 0 unspecified atom stereocenters. The second-order valence-corrected chi connectivity index (χ2v) is 3.80. The smallest absolute Gasteiger partial charge is 0.416 e. The summed E-state index contributed by atoms with van der Waals surface area (Å²) in [4.78, 5) is 10.5. The average Bonchev–Trinajstić information content (AvgIpc) is 2.85. The second-order valence-electron chi connectivity index (χ2n) is 3.80. The number of halogens is 3. The first-order chi connectivity index (χ1) is 9.36. The van der Waals surface area contributed by atoms with Crippen LogP contribution in [0.25, 0.3) is 0 Å². The molecule has 1 N–H and O–H groups in total. The number of rotatable bonds is 4. The quantitative estimate of drug-likeness (QED) is 0.935. The molecule has 0 amide bonds. The Hall–Kier alpha value is -2.51. The molecule has 1 heterocycles. The van der Waals surface area contributed by atoms with E-state index in [0.717, 1.165) is 18.2 Å². The van der Waals surface area contributed by atoms with Gasteiger partial charge in [0.1, 0.15) is 18.1 Å². The molecule has 1 aromatic carbocycles. The van der Waals surface area contributed by atoms with Crippen LogP contribution in [0.1, 0.15) is 21.8 Å². The Morgan fingerprint density at radius 2 is 2.10 bits per heavy atom. The van der Waals surface area contributed by atoms with Gasteiger partial charge in [-0.2, -0.15) is 13.2 Å². The highest BCUT2D eigenvalue weighted by atomic mass is 19.4. The molecule has 0 aliphatic rings. The van der Waals surface area contributed by atoms with Gasteiger partial charge in [-0.15, -0.1) is 0 Å². The highest BCUT2D eigenvalue weighted by molar-refractivity contribution is 5.84. The zero-order valence-corrected chi connectivity index (χ0v) is 9.85. The average molecular weight is 287 g/mol. The molecule has 0 aliphatic heterocycles. The van der Waals surface area contributed by atoms with E-state index in [2.05, 4.69) is 9.68 Å². The predicted molar refractivity (Wildman–Crippen MR) is 59.2 cm³/mol. The van der Waals surface area contributed by atoms with E-state index in [1.54, 1.807) is 0 Å².